The molecule has 1 N–H and O–H groups in total. The van der Waals surface area contributed by atoms with Gasteiger partial charge in [0.15, 0.2) is 0 Å². The number of methoxy groups -OCH3 is 1. The van der Waals surface area contributed by atoms with Crippen molar-refractivity contribution in [2.45, 2.75) is 12.5 Å². The predicted octanol–water partition coefficient (Wildman–Crippen LogP) is 3.75. The number of nitrogens with zero attached hydrogens (tertiary/aromatic N) is 1. The first-order chi connectivity index (χ1) is 11.5. The van der Waals surface area contributed by atoms with Crippen LogP contribution in [0.4, 0.5) is 11.4 Å². The second kappa shape index (κ2) is 6.71. The van der Waals surface area contributed by atoms with Crippen molar-refractivity contribution in [1.82, 2.24) is 0 Å². The van der Waals surface area contributed by atoms with E-state index in [4.69, 9.17) is 27.9 Å². The Morgan fingerprint density at radius 1 is 1.12 bits per heavy atom. The summed E-state index contributed by atoms with van der Waals surface area (Å²) in [4.78, 5) is 26.0. The van der Waals surface area contributed by atoms with Crippen molar-refractivity contribution < 1.29 is 14.3 Å². The molecule has 0 aromatic heterocycles. The predicted molar refractivity (Wildman–Crippen MR) is 94.0 cm³/mol. The molecule has 1 saturated heterocycles. The molecule has 1 aliphatic rings. The van der Waals surface area contributed by atoms with Gasteiger partial charge < -0.3 is 10.1 Å². The number of benzene rings is 2. The van der Waals surface area contributed by atoms with Crippen LogP contribution >= 0.6 is 23.2 Å². The van der Waals surface area contributed by atoms with Crippen LogP contribution in [-0.2, 0) is 9.59 Å². The van der Waals surface area contributed by atoms with E-state index in [2.05, 4.69) is 5.32 Å². The van der Waals surface area contributed by atoms with Crippen LogP contribution in [0.15, 0.2) is 42.5 Å². The van der Waals surface area contributed by atoms with Crippen LogP contribution in [0.3, 0.4) is 0 Å². The maximum atomic E-state index is 12.6. The van der Waals surface area contributed by atoms with Crippen LogP contribution in [-0.4, -0.2) is 25.0 Å². The lowest BCUT2D eigenvalue weighted by Gasteiger charge is -2.17. The zero-order valence-electron chi connectivity index (χ0n) is 12.8. The van der Waals surface area contributed by atoms with E-state index in [-0.39, 0.29) is 18.2 Å². The van der Waals surface area contributed by atoms with Crippen LogP contribution in [0.1, 0.15) is 6.42 Å². The SMILES string of the molecule is COc1cccc(N[C@@H]2CC(=O)N(c3ccc(Cl)c(Cl)c3)C2=O)c1. The number of halogens is 2. The smallest absolute Gasteiger partial charge is 0.256 e. The maximum Gasteiger partial charge on any atom is 0.256 e. The Labute approximate surface area is 149 Å². The summed E-state index contributed by atoms with van der Waals surface area (Å²) in [5.41, 5.74) is 1.12. The standard InChI is InChI=1S/C17H14Cl2N2O3/c1-24-12-4-2-3-10(7-12)20-15-9-16(22)21(17(15)23)11-5-6-13(18)14(19)8-11/h2-8,15,20H,9H2,1H3/t15-/m1/s1. The minimum atomic E-state index is -0.640. The number of carbonyl (C=O) groups is 2. The summed E-state index contributed by atoms with van der Waals surface area (Å²) in [6, 6.07) is 11.2. The third-order valence-electron chi connectivity index (χ3n) is 3.72. The van der Waals surface area contributed by atoms with Crippen molar-refractivity contribution in [3.63, 3.8) is 0 Å². The van der Waals surface area contributed by atoms with Crippen LogP contribution in [0.2, 0.25) is 10.0 Å². The topological polar surface area (TPSA) is 58.6 Å². The molecule has 5 nitrogen and oxygen atoms in total. The average molecular weight is 365 g/mol. The monoisotopic (exact) mass is 364 g/mol. The number of ether oxygens (including phenoxy) is 1. The van der Waals surface area contributed by atoms with Crippen LogP contribution in [0.5, 0.6) is 5.75 Å². The first-order valence-corrected chi connectivity index (χ1v) is 7.97. The van der Waals surface area contributed by atoms with Gasteiger partial charge >= 0.3 is 0 Å². The van der Waals surface area contributed by atoms with E-state index in [1.807, 2.05) is 6.07 Å². The van der Waals surface area contributed by atoms with Crippen molar-refractivity contribution in [1.29, 1.82) is 0 Å². The molecule has 0 saturated carbocycles. The number of rotatable bonds is 4. The van der Waals surface area contributed by atoms with Crippen molar-refractivity contribution in [3.8, 4) is 5.75 Å². The fourth-order valence-corrected chi connectivity index (χ4v) is 2.85. The van der Waals surface area contributed by atoms with Crippen molar-refractivity contribution >= 4 is 46.4 Å². The van der Waals surface area contributed by atoms with Gasteiger partial charge in [0.05, 0.1) is 29.3 Å². The van der Waals surface area contributed by atoms with Gasteiger partial charge in [-0.25, -0.2) is 4.90 Å². The molecule has 1 aliphatic heterocycles. The van der Waals surface area contributed by atoms with Gasteiger partial charge in [0.2, 0.25) is 5.91 Å². The van der Waals surface area contributed by atoms with Gasteiger partial charge in [0, 0.05) is 11.8 Å². The molecular weight excluding hydrogens is 351 g/mol. The molecule has 0 radical (unpaired) electrons. The fourth-order valence-electron chi connectivity index (χ4n) is 2.55. The van der Waals surface area contributed by atoms with Gasteiger partial charge in [-0.15, -0.1) is 0 Å². The molecular formula is C17H14Cl2N2O3. The molecule has 1 atom stereocenters. The van der Waals surface area contributed by atoms with Crippen molar-refractivity contribution in [2.75, 3.05) is 17.3 Å². The van der Waals surface area contributed by atoms with Gasteiger partial charge in [-0.1, -0.05) is 29.3 Å². The normalized spacial score (nSPS) is 17.3. The third-order valence-corrected chi connectivity index (χ3v) is 4.46. The molecule has 0 unspecified atom stereocenters. The molecule has 0 spiro atoms. The third kappa shape index (κ3) is 3.18. The summed E-state index contributed by atoms with van der Waals surface area (Å²) < 4.78 is 5.15. The summed E-state index contributed by atoms with van der Waals surface area (Å²) in [7, 11) is 1.56. The second-order valence-electron chi connectivity index (χ2n) is 5.30. The van der Waals surface area contributed by atoms with E-state index in [1.54, 1.807) is 37.4 Å². The highest BCUT2D eigenvalue weighted by Crippen LogP contribution is 2.31. The first kappa shape index (κ1) is 16.6. The van der Waals surface area contributed by atoms with E-state index in [1.165, 1.54) is 6.07 Å². The summed E-state index contributed by atoms with van der Waals surface area (Å²) in [5, 5.41) is 3.73. The minimum absolute atomic E-state index is 0.0658. The molecule has 24 heavy (non-hydrogen) atoms. The summed E-state index contributed by atoms with van der Waals surface area (Å²) in [6.07, 6.45) is 0.0658. The zero-order valence-corrected chi connectivity index (χ0v) is 14.3. The van der Waals surface area contributed by atoms with E-state index < -0.39 is 6.04 Å². The lowest BCUT2D eigenvalue weighted by atomic mass is 10.2. The number of nitrogens with one attached hydrogen (secondary N) is 1. The lowest BCUT2D eigenvalue weighted by Crippen LogP contribution is -2.34. The number of anilines is 2. The Bertz CT molecular complexity index is 810. The first-order valence-electron chi connectivity index (χ1n) is 7.22. The molecule has 2 amide bonds. The number of carbonyl (C=O) groups excluding carboxylic acids is 2. The van der Waals surface area contributed by atoms with Gasteiger partial charge in [0.1, 0.15) is 11.8 Å². The Hall–Kier alpha value is -2.24. The van der Waals surface area contributed by atoms with Gasteiger partial charge in [-0.05, 0) is 30.3 Å². The van der Waals surface area contributed by atoms with E-state index in [9.17, 15) is 9.59 Å². The van der Waals surface area contributed by atoms with Crippen LogP contribution in [0.25, 0.3) is 0 Å². The maximum absolute atomic E-state index is 12.6. The second-order valence-corrected chi connectivity index (χ2v) is 6.11. The Balaban J connectivity index is 1.82. The fraction of sp³-hybridized carbons (Fsp3) is 0.176. The van der Waals surface area contributed by atoms with E-state index in [0.717, 1.165) is 4.90 Å². The average Bonchev–Trinajstić information content (AvgIpc) is 2.84. The highest BCUT2D eigenvalue weighted by Gasteiger charge is 2.39. The van der Waals surface area contributed by atoms with Gasteiger partial charge in [-0.2, -0.15) is 0 Å². The summed E-state index contributed by atoms with van der Waals surface area (Å²) in [5.74, 6) is 0.0399. The van der Waals surface area contributed by atoms with Crippen LogP contribution < -0.4 is 15.0 Å². The largest absolute Gasteiger partial charge is 0.497 e. The van der Waals surface area contributed by atoms with Gasteiger partial charge in [-0.3, -0.25) is 9.59 Å². The molecule has 2 aromatic rings. The quantitative estimate of drug-likeness (QED) is 0.839. The van der Waals surface area contributed by atoms with E-state index in [0.29, 0.717) is 27.2 Å². The lowest BCUT2D eigenvalue weighted by molar-refractivity contribution is -0.121. The molecule has 0 bridgehead atoms. The molecule has 124 valence electrons. The highest BCUT2D eigenvalue weighted by molar-refractivity contribution is 6.42. The molecule has 7 heteroatoms. The molecule has 1 heterocycles. The van der Waals surface area contributed by atoms with Gasteiger partial charge in [0.25, 0.3) is 5.91 Å². The Morgan fingerprint density at radius 2 is 1.92 bits per heavy atom. The molecule has 1 fully saturated rings. The number of amides is 2. The van der Waals surface area contributed by atoms with Crippen LogP contribution in [0, 0.1) is 0 Å². The number of imide groups is 1. The number of hydrogen-bond acceptors (Lipinski definition) is 4. The minimum Gasteiger partial charge on any atom is -0.497 e. The molecule has 2 aromatic carbocycles. The highest BCUT2D eigenvalue weighted by atomic mass is 35.5. The zero-order chi connectivity index (χ0) is 17.3. The van der Waals surface area contributed by atoms with Crippen molar-refractivity contribution in [2.24, 2.45) is 0 Å². The molecule has 0 aliphatic carbocycles. The number of hydrogen-bond donors (Lipinski definition) is 1. The van der Waals surface area contributed by atoms with Crippen molar-refractivity contribution in [3.05, 3.63) is 52.5 Å². The summed E-state index contributed by atoms with van der Waals surface area (Å²) in [6.45, 7) is 0. The summed E-state index contributed by atoms with van der Waals surface area (Å²) >= 11 is 11.9. The Kier molecular flexibility index (Phi) is 4.64. The molecule has 3 rings (SSSR count). The Morgan fingerprint density at radius 3 is 2.62 bits per heavy atom. The van der Waals surface area contributed by atoms with E-state index >= 15 is 0 Å².